The highest BCUT2D eigenvalue weighted by Crippen LogP contribution is 2.26. The number of thiazole rings is 1. The smallest absolute Gasteiger partial charge is 0.261 e. The zero-order chi connectivity index (χ0) is 24.1. The molecule has 4 aromatic rings. The molecular weight excluding hydrogens is 493 g/mol. The lowest BCUT2D eigenvalue weighted by Gasteiger charge is -2.09. The molecule has 6 nitrogen and oxygen atoms in total. The van der Waals surface area contributed by atoms with Gasteiger partial charge in [0.15, 0.2) is 5.13 Å². The third-order valence-corrected chi connectivity index (χ3v) is 7.87. The molecule has 0 bridgehead atoms. The number of benzene rings is 3. The zero-order valence-electron chi connectivity index (χ0n) is 18.0. The Morgan fingerprint density at radius 1 is 1.00 bits per heavy atom. The first-order chi connectivity index (χ1) is 16.3. The second-order valence-corrected chi connectivity index (χ2v) is 10.9. The number of rotatable bonds is 8. The fourth-order valence-corrected chi connectivity index (χ4v) is 5.43. The Labute approximate surface area is 205 Å². The zero-order valence-corrected chi connectivity index (χ0v) is 20.4. The maximum atomic E-state index is 13.1. The maximum Gasteiger partial charge on any atom is 0.261 e. The van der Waals surface area contributed by atoms with Crippen molar-refractivity contribution in [2.75, 3.05) is 15.8 Å². The van der Waals surface area contributed by atoms with E-state index in [9.17, 15) is 17.6 Å². The van der Waals surface area contributed by atoms with E-state index in [-0.39, 0.29) is 22.4 Å². The van der Waals surface area contributed by atoms with Gasteiger partial charge in [0.2, 0.25) is 5.91 Å². The van der Waals surface area contributed by atoms with Crippen LogP contribution in [0.5, 0.6) is 0 Å². The minimum absolute atomic E-state index is 0.167. The molecule has 4 rings (SSSR count). The number of carbonyl (C=O) groups is 1. The van der Waals surface area contributed by atoms with Crippen LogP contribution in [0.1, 0.15) is 5.56 Å². The van der Waals surface area contributed by atoms with Crippen LogP contribution < -0.4 is 10.0 Å². The monoisotopic (exact) mass is 513 g/mol. The summed E-state index contributed by atoms with van der Waals surface area (Å²) in [6.45, 7) is 1.89. The van der Waals surface area contributed by atoms with Gasteiger partial charge < -0.3 is 5.32 Å². The van der Waals surface area contributed by atoms with Crippen LogP contribution in [0.25, 0.3) is 11.3 Å². The van der Waals surface area contributed by atoms with Gasteiger partial charge in [0, 0.05) is 21.5 Å². The molecule has 34 heavy (non-hydrogen) atoms. The summed E-state index contributed by atoms with van der Waals surface area (Å²) in [6.07, 6.45) is 0. The number of sulfonamides is 1. The van der Waals surface area contributed by atoms with Gasteiger partial charge >= 0.3 is 0 Å². The first kappa shape index (κ1) is 23.9. The molecule has 174 valence electrons. The van der Waals surface area contributed by atoms with Gasteiger partial charge in [0.1, 0.15) is 5.82 Å². The average molecular weight is 514 g/mol. The van der Waals surface area contributed by atoms with Crippen molar-refractivity contribution in [2.45, 2.75) is 16.7 Å². The van der Waals surface area contributed by atoms with Gasteiger partial charge in [0.25, 0.3) is 10.0 Å². The predicted octanol–water partition coefficient (Wildman–Crippen LogP) is 5.79. The van der Waals surface area contributed by atoms with E-state index in [1.54, 1.807) is 66.0 Å². The highest BCUT2D eigenvalue weighted by atomic mass is 32.2. The van der Waals surface area contributed by atoms with Crippen LogP contribution in [-0.2, 0) is 14.8 Å². The Morgan fingerprint density at radius 2 is 1.68 bits per heavy atom. The SMILES string of the molecule is Cc1ccc(S(=O)(=O)Nc2ccc(SCC(=O)Nc3nc(-c4ccc(F)cc4)cs3)cc2)cc1. The number of nitrogens with one attached hydrogen (secondary N) is 2. The van der Waals surface area contributed by atoms with Gasteiger partial charge in [-0.1, -0.05) is 17.7 Å². The van der Waals surface area contributed by atoms with Gasteiger partial charge in [-0.2, -0.15) is 0 Å². The normalized spacial score (nSPS) is 11.2. The van der Waals surface area contributed by atoms with Gasteiger partial charge in [0.05, 0.1) is 16.3 Å². The number of carbonyl (C=O) groups excluding carboxylic acids is 1. The Balaban J connectivity index is 1.30. The number of aromatic nitrogens is 1. The van der Waals surface area contributed by atoms with E-state index in [4.69, 9.17) is 0 Å². The molecule has 0 saturated carbocycles. The highest BCUT2D eigenvalue weighted by Gasteiger charge is 2.14. The minimum Gasteiger partial charge on any atom is -0.301 e. The Hall–Kier alpha value is -3.21. The molecule has 10 heteroatoms. The third-order valence-electron chi connectivity index (χ3n) is 4.70. The van der Waals surface area contributed by atoms with E-state index in [1.165, 1.54) is 35.2 Å². The first-order valence-electron chi connectivity index (χ1n) is 10.1. The number of hydrogen-bond donors (Lipinski definition) is 2. The molecule has 0 aliphatic carbocycles. The van der Waals surface area contributed by atoms with Crippen molar-refractivity contribution < 1.29 is 17.6 Å². The summed E-state index contributed by atoms with van der Waals surface area (Å²) >= 11 is 2.62. The molecule has 3 aromatic carbocycles. The number of thioether (sulfide) groups is 1. The molecule has 1 aromatic heterocycles. The number of nitrogens with zero attached hydrogens (tertiary/aromatic N) is 1. The number of halogens is 1. The summed E-state index contributed by atoms with van der Waals surface area (Å²) in [4.78, 5) is 17.7. The third kappa shape index (κ3) is 6.22. The molecular formula is C24H20FN3O3S3. The van der Waals surface area contributed by atoms with Crippen LogP contribution in [-0.4, -0.2) is 25.1 Å². The van der Waals surface area contributed by atoms with Crippen molar-refractivity contribution in [1.82, 2.24) is 4.98 Å². The molecule has 0 spiro atoms. The fourth-order valence-electron chi connectivity index (χ4n) is 2.94. The molecule has 0 atom stereocenters. The van der Waals surface area contributed by atoms with Crippen molar-refractivity contribution in [3.05, 3.63) is 89.6 Å². The first-order valence-corrected chi connectivity index (χ1v) is 13.5. The number of anilines is 2. The van der Waals surface area contributed by atoms with Crippen molar-refractivity contribution in [1.29, 1.82) is 0 Å². The average Bonchev–Trinajstić information content (AvgIpc) is 3.27. The van der Waals surface area contributed by atoms with E-state index in [0.29, 0.717) is 16.5 Å². The van der Waals surface area contributed by atoms with Crippen LogP contribution in [0, 0.1) is 12.7 Å². The van der Waals surface area contributed by atoms with Gasteiger partial charge in [-0.3, -0.25) is 9.52 Å². The molecule has 0 radical (unpaired) electrons. The standard InChI is InChI=1S/C24H20FN3O3S3/c1-16-2-12-21(13-3-16)34(30,31)28-19-8-10-20(11-9-19)32-15-23(29)27-24-26-22(14-33-24)17-4-6-18(25)7-5-17/h2-14,28H,15H2,1H3,(H,26,27,29). The molecule has 0 unspecified atom stereocenters. The molecule has 1 amide bonds. The van der Waals surface area contributed by atoms with Crippen LogP contribution in [0.15, 0.2) is 88.0 Å². The Bertz CT molecular complexity index is 1390. The lowest BCUT2D eigenvalue weighted by Crippen LogP contribution is -2.14. The van der Waals surface area contributed by atoms with Crippen molar-refractivity contribution in [3.63, 3.8) is 0 Å². The summed E-state index contributed by atoms with van der Waals surface area (Å²) < 4.78 is 40.6. The van der Waals surface area contributed by atoms with Crippen molar-refractivity contribution in [2.24, 2.45) is 0 Å². The second kappa shape index (κ2) is 10.4. The molecule has 2 N–H and O–H groups in total. The van der Waals surface area contributed by atoms with E-state index in [1.807, 2.05) is 6.92 Å². The predicted molar refractivity (Wildman–Crippen MR) is 135 cm³/mol. The highest BCUT2D eigenvalue weighted by molar-refractivity contribution is 8.00. The van der Waals surface area contributed by atoms with Gasteiger partial charge in [-0.15, -0.1) is 23.1 Å². The lowest BCUT2D eigenvalue weighted by molar-refractivity contribution is -0.113. The molecule has 0 aliphatic rings. The summed E-state index contributed by atoms with van der Waals surface area (Å²) in [6, 6.07) is 19.4. The van der Waals surface area contributed by atoms with Crippen LogP contribution in [0.4, 0.5) is 15.2 Å². The quantitative estimate of drug-likeness (QED) is 0.291. The van der Waals surface area contributed by atoms with Crippen molar-refractivity contribution >= 4 is 49.8 Å². The molecule has 0 aliphatic heterocycles. The summed E-state index contributed by atoms with van der Waals surface area (Å²) in [5.41, 5.74) is 2.85. The molecule has 0 saturated heterocycles. The topological polar surface area (TPSA) is 88.2 Å². The second-order valence-electron chi connectivity index (χ2n) is 7.32. The van der Waals surface area contributed by atoms with Gasteiger partial charge in [-0.25, -0.2) is 17.8 Å². The maximum absolute atomic E-state index is 13.1. The fraction of sp³-hybridized carbons (Fsp3) is 0.0833. The number of amides is 1. The van der Waals surface area contributed by atoms with Crippen LogP contribution in [0.2, 0.25) is 0 Å². The molecule has 1 heterocycles. The van der Waals surface area contributed by atoms with Crippen LogP contribution >= 0.6 is 23.1 Å². The number of hydrogen-bond acceptors (Lipinski definition) is 6. The Morgan fingerprint density at radius 3 is 2.35 bits per heavy atom. The summed E-state index contributed by atoms with van der Waals surface area (Å²) in [5.74, 6) is -0.365. The molecule has 0 fully saturated rings. The summed E-state index contributed by atoms with van der Waals surface area (Å²) in [5, 5.41) is 5.02. The van der Waals surface area contributed by atoms with Crippen molar-refractivity contribution in [3.8, 4) is 11.3 Å². The Kier molecular flexibility index (Phi) is 7.30. The van der Waals surface area contributed by atoms with Gasteiger partial charge in [-0.05, 0) is 67.6 Å². The van der Waals surface area contributed by atoms with Crippen LogP contribution in [0.3, 0.4) is 0 Å². The number of aryl methyl sites for hydroxylation is 1. The lowest BCUT2D eigenvalue weighted by atomic mass is 10.2. The summed E-state index contributed by atoms with van der Waals surface area (Å²) in [7, 11) is -3.67. The largest absolute Gasteiger partial charge is 0.301 e. The van der Waals surface area contributed by atoms with E-state index in [2.05, 4.69) is 15.0 Å². The minimum atomic E-state index is -3.67. The van der Waals surface area contributed by atoms with E-state index in [0.717, 1.165) is 16.0 Å². The van der Waals surface area contributed by atoms with E-state index >= 15 is 0 Å². The van der Waals surface area contributed by atoms with E-state index < -0.39 is 10.0 Å².